The predicted octanol–water partition coefficient (Wildman–Crippen LogP) is 2.35. The summed E-state index contributed by atoms with van der Waals surface area (Å²) in [6.07, 6.45) is 2.88. The summed E-state index contributed by atoms with van der Waals surface area (Å²) in [5.41, 5.74) is 8.14. The summed E-state index contributed by atoms with van der Waals surface area (Å²) >= 11 is 0. The molecule has 1 saturated heterocycles. The smallest absolute Gasteiger partial charge is 0.261 e. The number of carbonyl (C=O) groups excluding carboxylic acids is 1. The number of pyridine rings is 1. The minimum Gasteiger partial charge on any atom is -0.496 e. The topological polar surface area (TPSA) is 113 Å². The van der Waals surface area contributed by atoms with Gasteiger partial charge in [0.25, 0.3) is 5.91 Å². The predicted molar refractivity (Wildman–Crippen MR) is 114 cm³/mol. The molecule has 1 aliphatic heterocycles. The summed E-state index contributed by atoms with van der Waals surface area (Å²) in [5, 5.41) is 0. The van der Waals surface area contributed by atoms with Crippen molar-refractivity contribution in [3.63, 3.8) is 0 Å². The second-order valence-corrected chi connectivity index (χ2v) is 6.93. The number of ether oxygens (including phenoxy) is 3. The number of hydrogen-bond acceptors (Lipinski definition) is 8. The number of methoxy groups -OCH3 is 2. The van der Waals surface area contributed by atoms with Gasteiger partial charge in [0, 0.05) is 24.5 Å². The number of aromatic nitrogens is 3. The first kappa shape index (κ1) is 20.5. The third-order valence-corrected chi connectivity index (χ3v) is 5.06. The third-order valence-electron chi connectivity index (χ3n) is 5.06. The van der Waals surface area contributed by atoms with Crippen molar-refractivity contribution in [2.45, 2.75) is 6.10 Å². The van der Waals surface area contributed by atoms with Crippen molar-refractivity contribution >= 4 is 11.9 Å². The van der Waals surface area contributed by atoms with Gasteiger partial charge in [0.15, 0.2) is 0 Å². The second kappa shape index (κ2) is 8.97. The van der Waals surface area contributed by atoms with Crippen molar-refractivity contribution in [2.75, 3.05) is 39.6 Å². The maximum absolute atomic E-state index is 13.3. The molecule has 0 spiro atoms. The molecule has 0 radical (unpaired) electrons. The molecular weight excluding hydrogens is 398 g/mol. The van der Waals surface area contributed by atoms with Crippen LogP contribution in [0.1, 0.15) is 22.2 Å². The summed E-state index contributed by atoms with van der Waals surface area (Å²) in [7, 11) is 3.06. The fourth-order valence-corrected chi connectivity index (χ4v) is 3.49. The highest BCUT2D eigenvalue weighted by Crippen LogP contribution is 2.31. The fraction of sp³-hybridized carbons (Fsp3) is 0.273. The third kappa shape index (κ3) is 4.26. The summed E-state index contributed by atoms with van der Waals surface area (Å²) in [5.74, 6) is 0.967. The zero-order valence-electron chi connectivity index (χ0n) is 17.3. The lowest BCUT2D eigenvalue weighted by Crippen LogP contribution is -2.42. The summed E-state index contributed by atoms with van der Waals surface area (Å²) in [6, 6.07) is 10.9. The van der Waals surface area contributed by atoms with Gasteiger partial charge in [-0.25, -0.2) is 15.0 Å². The van der Waals surface area contributed by atoms with E-state index in [0.717, 1.165) is 11.3 Å². The molecule has 9 heteroatoms. The largest absolute Gasteiger partial charge is 0.496 e. The maximum atomic E-state index is 13.3. The molecule has 31 heavy (non-hydrogen) atoms. The van der Waals surface area contributed by atoms with Gasteiger partial charge in [0.2, 0.25) is 5.95 Å². The zero-order chi connectivity index (χ0) is 21.8. The first-order chi connectivity index (χ1) is 15.1. The van der Waals surface area contributed by atoms with Gasteiger partial charge in [-0.2, -0.15) is 0 Å². The zero-order valence-corrected chi connectivity index (χ0v) is 17.3. The number of morpholine rings is 1. The quantitative estimate of drug-likeness (QED) is 0.668. The van der Waals surface area contributed by atoms with Crippen molar-refractivity contribution in [1.82, 2.24) is 19.9 Å². The molecule has 3 aromatic rings. The molecule has 0 saturated carbocycles. The minimum absolute atomic E-state index is 0.175. The van der Waals surface area contributed by atoms with Crippen molar-refractivity contribution in [3.05, 3.63) is 60.0 Å². The first-order valence-electron chi connectivity index (χ1n) is 9.77. The highest BCUT2D eigenvalue weighted by Gasteiger charge is 2.30. The van der Waals surface area contributed by atoms with E-state index in [-0.39, 0.29) is 18.0 Å². The molecule has 2 aromatic heterocycles. The van der Waals surface area contributed by atoms with Crippen LogP contribution in [0.2, 0.25) is 0 Å². The van der Waals surface area contributed by atoms with Crippen LogP contribution in [0.5, 0.6) is 11.5 Å². The molecule has 1 atom stereocenters. The van der Waals surface area contributed by atoms with Crippen molar-refractivity contribution < 1.29 is 19.0 Å². The standard InChI is InChI=1S/C22H23N5O4/c1-29-17-7-4-8-18(30-2)20(17)21(28)27-9-10-31-19(13-27)16-6-3-5-15(26-16)14-11-24-22(23)25-12-14/h3-8,11-12,19H,9-10,13H2,1-2H3,(H2,23,24,25). The molecule has 2 N–H and O–H groups in total. The number of anilines is 1. The number of nitrogens with zero attached hydrogens (tertiary/aromatic N) is 4. The molecule has 3 heterocycles. The number of benzene rings is 1. The van der Waals surface area contributed by atoms with Crippen LogP contribution in [-0.2, 0) is 4.74 Å². The van der Waals surface area contributed by atoms with Gasteiger partial charge in [-0.1, -0.05) is 12.1 Å². The van der Waals surface area contributed by atoms with Gasteiger partial charge < -0.3 is 24.8 Å². The maximum Gasteiger partial charge on any atom is 0.261 e. The van der Waals surface area contributed by atoms with E-state index in [1.807, 2.05) is 18.2 Å². The molecule has 1 unspecified atom stereocenters. The molecule has 1 aromatic carbocycles. The van der Waals surface area contributed by atoms with Crippen LogP contribution in [0.4, 0.5) is 5.95 Å². The number of nitrogen functional groups attached to an aromatic ring is 1. The average Bonchev–Trinajstić information content (AvgIpc) is 2.83. The Morgan fingerprint density at radius 3 is 2.45 bits per heavy atom. The van der Waals surface area contributed by atoms with Crippen LogP contribution in [0.25, 0.3) is 11.3 Å². The summed E-state index contributed by atoms with van der Waals surface area (Å²) in [6.45, 7) is 1.21. The van der Waals surface area contributed by atoms with E-state index < -0.39 is 0 Å². The molecule has 9 nitrogen and oxygen atoms in total. The summed E-state index contributed by atoms with van der Waals surface area (Å²) < 4.78 is 16.7. The van der Waals surface area contributed by atoms with E-state index in [0.29, 0.717) is 42.5 Å². The molecule has 4 rings (SSSR count). The van der Waals surface area contributed by atoms with Gasteiger partial charge in [-0.3, -0.25) is 4.79 Å². The normalized spacial score (nSPS) is 16.1. The van der Waals surface area contributed by atoms with E-state index in [9.17, 15) is 4.79 Å². The number of carbonyl (C=O) groups is 1. The molecular formula is C22H23N5O4. The van der Waals surface area contributed by atoms with E-state index in [2.05, 4.69) is 9.97 Å². The fourth-order valence-electron chi connectivity index (χ4n) is 3.49. The SMILES string of the molecule is COc1cccc(OC)c1C(=O)N1CCOC(c2cccc(-c3cnc(N)nc3)n2)C1. The first-order valence-corrected chi connectivity index (χ1v) is 9.77. The van der Waals surface area contributed by atoms with Crippen LogP contribution < -0.4 is 15.2 Å². The van der Waals surface area contributed by atoms with Gasteiger partial charge >= 0.3 is 0 Å². The van der Waals surface area contributed by atoms with Crippen LogP contribution >= 0.6 is 0 Å². The summed E-state index contributed by atoms with van der Waals surface area (Å²) in [4.78, 5) is 27.8. The second-order valence-electron chi connectivity index (χ2n) is 6.93. The molecule has 0 aliphatic carbocycles. The van der Waals surface area contributed by atoms with Crippen LogP contribution in [0.3, 0.4) is 0 Å². The lowest BCUT2D eigenvalue weighted by molar-refractivity contribution is -0.0248. The Labute approximate surface area is 179 Å². The Kier molecular flexibility index (Phi) is 5.94. The Bertz CT molecular complexity index is 1050. The van der Waals surface area contributed by atoms with E-state index >= 15 is 0 Å². The number of nitrogens with two attached hydrogens (primary N) is 1. The van der Waals surface area contributed by atoms with Gasteiger partial charge in [0.05, 0.1) is 38.8 Å². The molecule has 1 amide bonds. The molecule has 1 aliphatic rings. The lowest BCUT2D eigenvalue weighted by Gasteiger charge is -2.33. The van der Waals surface area contributed by atoms with Crippen molar-refractivity contribution in [3.8, 4) is 22.8 Å². The van der Waals surface area contributed by atoms with Gasteiger partial charge in [-0.15, -0.1) is 0 Å². The van der Waals surface area contributed by atoms with Gasteiger partial charge in [-0.05, 0) is 24.3 Å². The number of rotatable bonds is 5. The van der Waals surface area contributed by atoms with Crippen molar-refractivity contribution in [1.29, 1.82) is 0 Å². The Morgan fingerprint density at radius 1 is 1.10 bits per heavy atom. The average molecular weight is 421 g/mol. The lowest BCUT2D eigenvalue weighted by atomic mass is 10.1. The minimum atomic E-state index is -0.368. The van der Waals surface area contributed by atoms with E-state index in [1.54, 1.807) is 35.5 Å². The van der Waals surface area contributed by atoms with Crippen LogP contribution in [0, 0.1) is 0 Å². The Balaban J connectivity index is 1.58. The monoisotopic (exact) mass is 421 g/mol. The van der Waals surface area contributed by atoms with E-state index in [1.165, 1.54) is 14.2 Å². The highest BCUT2D eigenvalue weighted by molar-refractivity contribution is 5.99. The van der Waals surface area contributed by atoms with Crippen LogP contribution in [0.15, 0.2) is 48.8 Å². The Morgan fingerprint density at radius 2 is 1.77 bits per heavy atom. The molecule has 1 fully saturated rings. The van der Waals surface area contributed by atoms with Crippen LogP contribution in [-0.4, -0.2) is 59.7 Å². The number of hydrogen-bond donors (Lipinski definition) is 1. The van der Waals surface area contributed by atoms with Gasteiger partial charge in [0.1, 0.15) is 23.2 Å². The Hall–Kier alpha value is -3.72. The van der Waals surface area contributed by atoms with E-state index in [4.69, 9.17) is 24.9 Å². The number of amides is 1. The molecule has 0 bridgehead atoms. The highest BCUT2D eigenvalue weighted by atomic mass is 16.5. The van der Waals surface area contributed by atoms with Crippen molar-refractivity contribution in [2.24, 2.45) is 0 Å². The molecule has 160 valence electrons.